The Labute approximate surface area is 117 Å². The van der Waals surface area contributed by atoms with E-state index in [2.05, 4.69) is 33.8 Å². The summed E-state index contributed by atoms with van der Waals surface area (Å²) in [6, 6.07) is 4.09. The van der Waals surface area contributed by atoms with E-state index in [0.29, 0.717) is 5.92 Å². The number of aryl methyl sites for hydroxylation is 2. The van der Waals surface area contributed by atoms with Crippen LogP contribution >= 0.6 is 0 Å². The highest BCUT2D eigenvalue weighted by Crippen LogP contribution is 2.37. The molecular weight excluding hydrogens is 236 g/mol. The number of hydrogen-bond donors (Lipinski definition) is 1. The van der Waals surface area contributed by atoms with Gasteiger partial charge in [-0.1, -0.05) is 33.8 Å². The van der Waals surface area contributed by atoms with Crippen molar-refractivity contribution >= 4 is 0 Å². The van der Waals surface area contributed by atoms with Crippen molar-refractivity contribution < 1.29 is 9.84 Å². The Hall–Kier alpha value is -1.02. The summed E-state index contributed by atoms with van der Waals surface area (Å²) in [6.45, 7) is 12.9. The van der Waals surface area contributed by atoms with Gasteiger partial charge in [-0.3, -0.25) is 0 Å². The normalized spacial score (nSPS) is 15.2. The summed E-state index contributed by atoms with van der Waals surface area (Å²) in [5.41, 5.74) is 3.40. The Balaban J connectivity index is 3.03. The fourth-order valence-electron chi connectivity index (χ4n) is 2.34. The number of ether oxygens (including phenoxy) is 1. The first-order valence-corrected chi connectivity index (χ1v) is 7.00. The third-order valence-corrected chi connectivity index (χ3v) is 4.10. The Bertz CT molecular complexity index is 430. The Morgan fingerprint density at radius 2 is 1.79 bits per heavy atom. The van der Waals surface area contributed by atoms with Gasteiger partial charge in [-0.05, 0) is 48.8 Å². The summed E-state index contributed by atoms with van der Waals surface area (Å²) < 4.78 is 5.44. The molecule has 1 rings (SSSR count). The van der Waals surface area contributed by atoms with E-state index in [-0.39, 0.29) is 5.41 Å². The maximum absolute atomic E-state index is 10.6. The van der Waals surface area contributed by atoms with Crippen LogP contribution in [-0.2, 0) is 0 Å². The van der Waals surface area contributed by atoms with Crippen LogP contribution in [0.25, 0.3) is 0 Å². The zero-order chi connectivity index (χ0) is 14.8. The molecule has 2 nitrogen and oxygen atoms in total. The molecule has 2 atom stereocenters. The summed E-state index contributed by atoms with van der Waals surface area (Å²) in [5, 5.41) is 10.6. The van der Waals surface area contributed by atoms with Crippen molar-refractivity contribution in [3.63, 3.8) is 0 Å². The molecule has 0 amide bonds. The van der Waals surface area contributed by atoms with E-state index in [1.165, 1.54) is 0 Å². The fraction of sp³-hybridized carbons (Fsp3) is 0.647. The van der Waals surface area contributed by atoms with Crippen molar-refractivity contribution in [1.82, 2.24) is 0 Å². The minimum Gasteiger partial charge on any atom is -0.496 e. The molecule has 0 spiro atoms. The van der Waals surface area contributed by atoms with Gasteiger partial charge in [-0.2, -0.15) is 0 Å². The van der Waals surface area contributed by atoms with Crippen LogP contribution in [0.1, 0.15) is 56.9 Å². The minimum absolute atomic E-state index is 0.201. The third kappa shape index (κ3) is 3.97. The van der Waals surface area contributed by atoms with Gasteiger partial charge in [0, 0.05) is 5.56 Å². The molecule has 0 aromatic heterocycles. The predicted octanol–water partition coefficient (Wildman–Crippen LogP) is 4.42. The van der Waals surface area contributed by atoms with E-state index in [1.807, 2.05) is 19.9 Å². The second kappa shape index (κ2) is 5.96. The smallest absolute Gasteiger partial charge is 0.125 e. The average Bonchev–Trinajstić information content (AvgIpc) is 2.25. The Morgan fingerprint density at radius 3 is 2.26 bits per heavy atom. The van der Waals surface area contributed by atoms with Crippen molar-refractivity contribution in [2.45, 2.75) is 54.1 Å². The predicted molar refractivity (Wildman–Crippen MR) is 80.7 cm³/mol. The van der Waals surface area contributed by atoms with E-state index in [4.69, 9.17) is 4.74 Å². The molecule has 1 N–H and O–H groups in total. The largest absolute Gasteiger partial charge is 0.496 e. The average molecular weight is 264 g/mol. The van der Waals surface area contributed by atoms with Crippen LogP contribution in [0.5, 0.6) is 5.75 Å². The number of hydrogen-bond acceptors (Lipinski definition) is 2. The van der Waals surface area contributed by atoms with Crippen LogP contribution in [0.3, 0.4) is 0 Å². The molecule has 0 saturated carbocycles. The van der Waals surface area contributed by atoms with Gasteiger partial charge in [-0.25, -0.2) is 0 Å². The Morgan fingerprint density at radius 1 is 1.21 bits per heavy atom. The highest BCUT2D eigenvalue weighted by molar-refractivity contribution is 5.44. The van der Waals surface area contributed by atoms with Crippen LogP contribution in [0, 0.1) is 25.2 Å². The van der Waals surface area contributed by atoms with Gasteiger partial charge in [0.2, 0.25) is 0 Å². The van der Waals surface area contributed by atoms with E-state index < -0.39 is 6.10 Å². The summed E-state index contributed by atoms with van der Waals surface area (Å²) >= 11 is 0. The quantitative estimate of drug-likeness (QED) is 0.872. The van der Waals surface area contributed by atoms with Gasteiger partial charge in [0.1, 0.15) is 5.75 Å². The Kier molecular flexibility index (Phi) is 5.03. The lowest BCUT2D eigenvalue weighted by Gasteiger charge is -2.30. The number of methoxy groups -OCH3 is 1. The lowest BCUT2D eigenvalue weighted by Crippen LogP contribution is -2.20. The number of rotatable bonds is 4. The van der Waals surface area contributed by atoms with Crippen molar-refractivity contribution in [3.05, 3.63) is 28.8 Å². The molecule has 19 heavy (non-hydrogen) atoms. The fourth-order valence-corrected chi connectivity index (χ4v) is 2.34. The molecule has 0 aliphatic carbocycles. The van der Waals surface area contributed by atoms with E-state index in [0.717, 1.165) is 28.9 Å². The molecule has 1 aromatic carbocycles. The number of aliphatic hydroxyl groups is 1. The molecule has 1 aromatic rings. The topological polar surface area (TPSA) is 29.5 Å². The summed E-state index contributed by atoms with van der Waals surface area (Å²) in [4.78, 5) is 0. The second-order valence-electron chi connectivity index (χ2n) is 6.72. The maximum atomic E-state index is 10.6. The molecule has 0 heterocycles. The van der Waals surface area contributed by atoms with Crippen molar-refractivity contribution in [2.24, 2.45) is 11.3 Å². The van der Waals surface area contributed by atoms with Crippen molar-refractivity contribution in [2.75, 3.05) is 7.11 Å². The molecule has 2 heteroatoms. The molecule has 0 radical (unpaired) electrons. The highest BCUT2D eigenvalue weighted by Gasteiger charge is 2.25. The highest BCUT2D eigenvalue weighted by atomic mass is 16.5. The van der Waals surface area contributed by atoms with Crippen LogP contribution in [0.4, 0.5) is 0 Å². The van der Waals surface area contributed by atoms with Gasteiger partial charge in [0.25, 0.3) is 0 Å². The van der Waals surface area contributed by atoms with Crippen LogP contribution < -0.4 is 4.74 Å². The summed E-state index contributed by atoms with van der Waals surface area (Å²) in [6.07, 6.45) is 0.286. The molecule has 0 saturated heterocycles. The van der Waals surface area contributed by atoms with Gasteiger partial charge < -0.3 is 9.84 Å². The van der Waals surface area contributed by atoms with Gasteiger partial charge in [-0.15, -0.1) is 0 Å². The first-order valence-electron chi connectivity index (χ1n) is 7.00. The number of benzene rings is 1. The zero-order valence-electron chi connectivity index (χ0n) is 13.4. The first-order chi connectivity index (χ1) is 8.66. The van der Waals surface area contributed by atoms with Gasteiger partial charge in [0.15, 0.2) is 0 Å². The molecule has 108 valence electrons. The molecule has 0 fully saturated rings. The second-order valence-corrected chi connectivity index (χ2v) is 6.72. The first kappa shape index (κ1) is 16.0. The molecule has 0 aliphatic heterocycles. The summed E-state index contributed by atoms with van der Waals surface area (Å²) in [7, 11) is 1.66. The van der Waals surface area contributed by atoms with Gasteiger partial charge in [0.05, 0.1) is 13.2 Å². The standard InChI is InChI=1S/C17H28O2/c1-11-8-12(2)16(15(9-11)19-7)14(18)10-13(3)17(4,5)6/h8-9,13-14,18H,10H2,1-7H3. The van der Waals surface area contributed by atoms with Crippen LogP contribution in [-0.4, -0.2) is 12.2 Å². The SMILES string of the molecule is COc1cc(C)cc(C)c1C(O)CC(C)C(C)(C)C. The van der Waals surface area contributed by atoms with E-state index in [1.54, 1.807) is 7.11 Å². The van der Waals surface area contributed by atoms with Crippen molar-refractivity contribution in [3.8, 4) is 5.75 Å². The van der Waals surface area contributed by atoms with E-state index in [9.17, 15) is 5.11 Å². The molecule has 0 bridgehead atoms. The lowest BCUT2D eigenvalue weighted by molar-refractivity contribution is 0.108. The van der Waals surface area contributed by atoms with E-state index >= 15 is 0 Å². The third-order valence-electron chi connectivity index (χ3n) is 4.10. The van der Waals surface area contributed by atoms with Crippen LogP contribution in [0.15, 0.2) is 12.1 Å². The molecular formula is C17H28O2. The minimum atomic E-state index is -0.468. The zero-order valence-corrected chi connectivity index (χ0v) is 13.4. The lowest BCUT2D eigenvalue weighted by atomic mass is 9.78. The number of aliphatic hydroxyl groups excluding tert-OH is 1. The maximum Gasteiger partial charge on any atom is 0.125 e. The van der Waals surface area contributed by atoms with Crippen molar-refractivity contribution in [1.29, 1.82) is 0 Å². The monoisotopic (exact) mass is 264 g/mol. The van der Waals surface area contributed by atoms with Gasteiger partial charge >= 0.3 is 0 Å². The molecule has 2 unspecified atom stereocenters. The summed E-state index contributed by atoms with van der Waals surface area (Å²) in [5.74, 6) is 1.24. The molecule has 0 aliphatic rings. The van der Waals surface area contributed by atoms with Crippen LogP contribution in [0.2, 0.25) is 0 Å².